The molecule has 0 spiro atoms. The number of urea groups is 1. The van der Waals surface area contributed by atoms with E-state index in [1.807, 2.05) is 56.0 Å². The van der Waals surface area contributed by atoms with Crippen molar-refractivity contribution in [3.63, 3.8) is 0 Å². The van der Waals surface area contributed by atoms with E-state index in [2.05, 4.69) is 15.6 Å². The zero-order valence-corrected chi connectivity index (χ0v) is 21.2. The molecule has 0 bridgehead atoms. The first-order chi connectivity index (χ1) is 17.4. The smallest absolute Gasteiger partial charge is 0.317 e. The minimum Gasteiger partial charge on any atom is -0.379 e. The summed E-state index contributed by atoms with van der Waals surface area (Å²) in [4.78, 5) is 37.3. The number of rotatable bonds is 5. The highest BCUT2D eigenvalue weighted by molar-refractivity contribution is 5.82. The average Bonchev–Trinajstić information content (AvgIpc) is 3.39. The number of nitrogens with one attached hydrogen (secondary N) is 2. The van der Waals surface area contributed by atoms with Crippen molar-refractivity contribution in [2.75, 3.05) is 31.6 Å². The molecule has 3 aromatic rings. The number of ether oxygens (including phenoxy) is 1. The summed E-state index contributed by atoms with van der Waals surface area (Å²) in [5.74, 6) is 0.503. The maximum absolute atomic E-state index is 13.8. The van der Waals surface area contributed by atoms with E-state index in [0.29, 0.717) is 43.5 Å². The summed E-state index contributed by atoms with van der Waals surface area (Å²) in [6.07, 6.45) is 4.18. The lowest BCUT2D eigenvalue weighted by molar-refractivity contribution is 0.181. The molecular formula is C27H34N6O3. The van der Waals surface area contributed by atoms with E-state index in [1.54, 1.807) is 10.8 Å². The first-order valence-electron chi connectivity index (χ1n) is 12.8. The van der Waals surface area contributed by atoms with Crippen LogP contribution in [0.1, 0.15) is 44.7 Å². The van der Waals surface area contributed by atoms with Crippen molar-refractivity contribution in [3.05, 3.63) is 52.4 Å². The SMILES string of the molecule is Cc1ccccc1-c1cc2cnc(NC3CCN(C(=O)NC(C)C)CC3)nc2n([C@@H]2CCOC2)c1=O. The Bertz CT molecular complexity index is 1310. The van der Waals surface area contributed by atoms with Gasteiger partial charge in [0.1, 0.15) is 5.65 Å². The van der Waals surface area contributed by atoms with E-state index >= 15 is 0 Å². The molecule has 4 heterocycles. The van der Waals surface area contributed by atoms with Crippen LogP contribution in [0.25, 0.3) is 22.2 Å². The highest BCUT2D eigenvalue weighted by Crippen LogP contribution is 2.28. The lowest BCUT2D eigenvalue weighted by Crippen LogP contribution is -2.48. The van der Waals surface area contributed by atoms with Crippen LogP contribution in [-0.4, -0.2) is 63.9 Å². The van der Waals surface area contributed by atoms with Gasteiger partial charge in [-0.2, -0.15) is 4.98 Å². The number of pyridine rings is 1. The number of aryl methyl sites for hydroxylation is 1. The summed E-state index contributed by atoms with van der Waals surface area (Å²) in [7, 11) is 0. The second kappa shape index (κ2) is 10.3. The van der Waals surface area contributed by atoms with Gasteiger partial charge in [-0.05, 0) is 57.2 Å². The van der Waals surface area contributed by atoms with E-state index in [4.69, 9.17) is 9.72 Å². The third kappa shape index (κ3) is 4.93. The molecular weight excluding hydrogens is 456 g/mol. The summed E-state index contributed by atoms with van der Waals surface area (Å²) in [6, 6.07) is 10.0. The minimum absolute atomic E-state index is 0.0161. The molecule has 2 amide bonds. The standard InChI is InChI=1S/C27H34N6O3/c1-17(2)29-27(35)32-11-8-20(9-12-32)30-26-28-15-19-14-23(22-7-5-4-6-18(22)3)25(34)33(24(19)31-26)21-10-13-36-16-21/h4-7,14-15,17,20-21H,8-13,16H2,1-3H3,(H,29,35)(H,28,30,31)/t21-/m1/s1. The number of benzene rings is 1. The molecule has 190 valence electrons. The average molecular weight is 491 g/mol. The Labute approximate surface area is 210 Å². The highest BCUT2D eigenvalue weighted by Gasteiger charge is 2.26. The number of nitrogens with zero attached hydrogens (tertiary/aromatic N) is 4. The number of fused-ring (bicyclic) bond motifs is 1. The second-order valence-corrected chi connectivity index (χ2v) is 10.0. The molecule has 0 unspecified atom stereocenters. The Morgan fingerprint density at radius 1 is 1.14 bits per heavy atom. The van der Waals surface area contributed by atoms with Gasteiger partial charge in [0.15, 0.2) is 0 Å². The van der Waals surface area contributed by atoms with Crippen LogP contribution >= 0.6 is 0 Å². The van der Waals surface area contributed by atoms with Crippen LogP contribution in [0.4, 0.5) is 10.7 Å². The Kier molecular flexibility index (Phi) is 6.91. The number of carbonyl (C=O) groups excluding carboxylic acids is 1. The lowest BCUT2D eigenvalue weighted by atomic mass is 10.0. The Morgan fingerprint density at radius 3 is 2.61 bits per heavy atom. The van der Waals surface area contributed by atoms with Crippen molar-refractivity contribution in [1.82, 2.24) is 24.8 Å². The fourth-order valence-corrected chi connectivity index (χ4v) is 5.07. The first kappa shape index (κ1) is 24.2. The molecule has 2 saturated heterocycles. The fraction of sp³-hybridized carbons (Fsp3) is 0.481. The van der Waals surface area contributed by atoms with Gasteiger partial charge in [-0.3, -0.25) is 9.36 Å². The van der Waals surface area contributed by atoms with Crippen molar-refractivity contribution in [1.29, 1.82) is 0 Å². The zero-order chi connectivity index (χ0) is 25.2. The second-order valence-electron chi connectivity index (χ2n) is 10.0. The van der Waals surface area contributed by atoms with Crippen LogP contribution in [0, 0.1) is 6.92 Å². The van der Waals surface area contributed by atoms with Crippen LogP contribution in [0.5, 0.6) is 0 Å². The highest BCUT2D eigenvalue weighted by atomic mass is 16.5. The Hall–Kier alpha value is -3.46. The molecule has 2 aliphatic rings. The van der Waals surface area contributed by atoms with Gasteiger partial charge in [0, 0.05) is 48.9 Å². The van der Waals surface area contributed by atoms with Gasteiger partial charge in [0.2, 0.25) is 5.95 Å². The van der Waals surface area contributed by atoms with E-state index in [-0.39, 0.29) is 29.7 Å². The molecule has 1 aromatic carbocycles. The molecule has 0 radical (unpaired) electrons. The number of hydrogen-bond acceptors (Lipinski definition) is 6. The van der Waals surface area contributed by atoms with Gasteiger partial charge in [0.25, 0.3) is 5.56 Å². The van der Waals surface area contributed by atoms with Crippen LogP contribution < -0.4 is 16.2 Å². The van der Waals surface area contributed by atoms with Gasteiger partial charge in [-0.1, -0.05) is 24.3 Å². The maximum Gasteiger partial charge on any atom is 0.317 e. The predicted octanol–water partition coefficient (Wildman–Crippen LogP) is 3.72. The maximum atomic E-state index is 13.8. The van der Waals surface area contributed by atoms with Gasteiger partial charge >= 0.3 is 6.03 Å². The normalized spacial score (nSPS) is 18.7. The minimum atomic E-state index is -0.0607. The number of carbonyl (C=O) groups is 1. The summed E-state index contributed by atoms with van der Waals surface area (Å²) in [6.45, 7) is 8.42. The molecule has 2 fully saturated rings. The largest absolute Gasteiger partial charge is 0.379 e. The van der Waals surface area contributed by atoms with E-state index in [0.717, 1.165) is 35.8 Å². The molecule has 9 heteroatoms. The molecule has 5 rings (SSSR count). The van der Waals surface area contributed by atoms with Gasteiger partial charge < -0.3 is 20.3 Å². The van der Waals surface area contributed by atoms with E-state index in [1.165, 1.54) is 0 Å². The molecule has 0 aliphatic carbocycles. The number of anilines is 1. The lowest BCUT2D eigenvalue weighted by Gasteiger charge is -2.33. The topological polar surface area (TPSA) is 101 Å². The van der Waals surface area contributed by atoms with Gasteiger partial charge in [-0.25, -0.2) is 9.78 Å². The molecule has 2 N–H and O–H groups in total. The molecule has 9 nitrogen and oxygen atoms in total. The van der Waals surface area contributed by atoms with Crippen LogP contribution in [-0.2, 0) is 4.74 Å². The van der Waals surface area contributed by atoms with Crippen molar-refractivity contribution < 1.29 is 9.53 Å². The van der Waals surface area contributed by atoms with Crippen LogP contribution in [0.3, 0.4) is 0 Å². The van der Waals surface area contributed by atoms with Crippen molar-refractivity contribution in [2.45, 2.75) is 58.2 Å². The predicted molar refractivity (Wildman–Crippen MR) is 140 cm³/mol. The van der Waals surface area contributed by atoms with Gasteiger partial charge in [0.05, 0.1) is 12.6 Å². The molecule has 0 saturated carbocycles. The number of aromatic nitrogens is 3. The molecule has 1 atom stereocenters. The van der Waals surface area contributed by atoms with Crippen molar-refractivity contribution >= 4 is 23.0 Å². The first-order valence-corrected chi connectivity index (χ1v) is 12.8. The van der Waals surface area contributed by atoms with Crippen molar-refractivity contribution in [3.8, 4) is 11.1 Å². The third-order valence-corrected chi connectivity index (χ3v) is 7.01. The fourth-order valence-electron chi connectivity index (χ4n) is 5.07. The third-order valence-electron chi connectivity index (χ3n) is 7.01. The quantitative estimate of drug-likeness (QED) is 0.565. The molecule has 36 heavy (non-hydrogen) atoms. The summed E-state index contributed by atoms with van der Waals surface area (Å²) in [5, 5.41) is 7.22. The van der Waals surface area contributed by atoms with Crippen LogP contribution in [0.2, 0.25) is 0 Å². The van der Waals surface area contributed by atoms with E-state index in [9.17, 15) is 9.59 Å². The monoisotopic (exact) mass is 490 g/mol. The summed E-state index contributed by atoms with van der Waals surface area (Å²) >= 11 is 0. The number of piperidine rings is 1. The summed E-state index contributed by atoms with van der Waals surface area (Å²) < 4.78 is 7.44. The summed E-state index contributed by atoms with van der Waals surface area (Å²) in [5.41, 5.74) is 3.20. The zero-order valence-electron chi connectivity index (χ0n) is 21.2. The van der Waals surface area contributed by atoms with Crippen molar-refractivity contribution in [2.24, 2.45) is 0 Å². The molecule has 2 aromatic heterocycles. The number of likely N-dealkylation sites (tertiary alicyclic amines) is 1. The Balaban J connectivity index is 1.43. The number of amides is 2. The molecule has 2 aliphatic heterocycles. The van der Waals surface area contributed by atoms with Crippen LogP contribution in [0.15, 0.2) is 41.3 Å². The van der Waals surface area contributed by atoms with Gasteiger partial charge in [-0.15, -0.1) is 0 Å². The number of hydrogen-bond donors (Lipinski definition) is 2. The Morgan fingerprint density at radius 2 is 1.92 bits per heavy atom. The van der Waals surface area contributed by atoms with E-state index < -0.39 is 0 Å².